The number of imidazole rings is 1. The number of aromatic nitrogens is 2. The van der Waals surface area contributed by atoms with Gasteiger partial charge >= 0.3 is 5.97 Å². The Morgan fingerprint density at radius 1 is 1.30 bits per heavy atom. The van der Waals surface area contributed by atoms with Crippen LogP contribution in [0.2, 0.25) is 0 Å². The Balaban J connectivity index is 1.54. The van der Waals surface area contributed by atoms with Gasteiger partial charge in [0.15, 0.2) is 0 Å². The molecule has 7 nitrogen and oxygen atoms in total. The number of fused-ring (bicyclic) bond motifs is 1. The predicted octanol–water partition coefficient (Wildman–Crippen LogP) is 4.28. The van der Waals surface area contributed by atoms with Gasteiger partial charge in [0, 0.05) is 5.69 Å². The first-order valence-electron chi connectivity index (χ1n) is 9.55. The summed E-state index contributed by atoms with van der Waals surface area (Å²) < 4.78 is 18.7. The van der Waals surface area contributed by atoms with E-state index < -0.39 is 11.8 Å². The SMILES string of the molecule is CC(C)COC(=O)c1ccc(N2CC(O)=C(c3nc4ccc(F)cc4[nH]3)C2=N)cc1. The quantitative estimate of drug-likeness (QED) is 0.547. The average Bonchev–Trinajstić information content (AvgIpc) is 3.25. The summed E-state index contributed by atoms with van der Waals surface area (Å²) in [6.45, 7) is 4.37. The summed E-state index contributed by atoms with van der Waals surface area (Å²) in [5, 5.41) is 19.0. The van der Waals surface area contributed by atoms with Crippen LogP contribution in [0.4, 0.5) is 10.1 Å². The summed E-state index contributed by atoms with van der Waals surface area (Å²) in [6.07, 6.45) is 0. The number of carbonyl (C=O) groups is 1. The molecule has 0 saturated heterocycles. The molecule has 30 heavy (non-hydrogen) atoms. The van der Waals surface area contributed by atoms with E-state index in [4.69, 9.17) is 10.1 Å². The standard InChI is InChI=1S/C22H21FN4O3/c1-12(2)11-30-22(29)13-3-6-15(7-4-13)27-10-18(28)19(20(27)24)21-25-16-8-5-14(23)9-17(16)26-21/h3-9,12,24,28H,10-11H2,1-2H3,(H,25,26). The van der Waals surface area contributed by atoms with Crippen LogP contribution < -0.4 is 4.90 Å². The molecule has 0 aliphatic carbocycles. The van der Waals surface area contributed by atoms with Gasteiger partial charge in [-0.1, -0.05) is 13.8 Å². The van der Waals surface area contributed by atoms with Crippen LogP contribution >= 0.6 is 0 Å². The van der Waals surface area contributed by atoms with Crippen molar-refractivity contribution in [1.82, 2.24) is 9.97 Å². The Morgan fingerprint density at radius 2 is 2.03 bits per heavy atom. The molecule has 2 heterocycles. The van der Waals surface area contributed by atoms with Crippen LogP contribution in [-0.2, 0) is 4.74 Å². The van der Waals surface area contributed by atoms with E-state index in [0.29, 0.717) is 34.7 Å². The molecule has 0 spiro atoms. The van der Waals surface area contributed by atoms with Crippen LogP contribution in [0.25, 0.3) is 16.6 Å². The summed E-state index contributed by atoms with van der Waals surface area (Å²) in [5.41, 5.74) is 2.35. The minimum atomic E-state index is -0.400. The molecule has 3 aromatic rings. The van der Waals surface area contributed by atoms with Gasteiger partial charge in [-0.15, -0.1) is 0 Å². The molecular formula is C22H21FN4O3. The lowest BCUT2D eigenvalue weighted by atomic mass is 10.2. The number of carbonyl (C=O) groups excluding carboxylic acids is 1. The molecule has 0 saturated carbocycles. The molecule has 154 valence electrons. The number of anilines is 1. The molecule has 0 radical (unpaired) electrons. The fraction of sp³-hybridized carbons (Fsp3) is 0.227. The van der Waals surface area contributed by atoms with E-state index >= 15 is 0 Å². The van der Waals surface area contributed by atoms with E-state index in [1.54, 1.807) is 29.2 Å². The number of rotatable bonds is 5. The molecule has 2 aromatic carbocycles. The van der Waals surface area contributed by atoms with Crippen molar-refractivity contribution in [3.63, 3.8) is 0 Å². The van der Waals surface area contributed by atoms with Gasteiger partial charge < -0.3 is 19.7 Å². The molecular weight excluding hydrogens is 387 g/mol. The third kappa shape index (κ3) is 3.63. The van der Waals surface area contributed by atoms with Gasteiger partial charge in [-0.3, -0.25) is 5.41 Å². The molecule has 0 amide bonds. The summed E-state index contributed by atoms with van der Waals surface area (Å²) >= 11 is 0. The van der Waals surface area contributed by atoms with Crippen molar-refractivity contribution in [3.8, 4) is 0 Å². The Labute approximate surface area is 172 Å². The zero-order chi connectivity index (χ0) is 21.4. The highest BCUT2D eigenvalue weighted by Crippen LogP contribution is 2.31. The molecule has 0 bridgehead atoms. The van der Waals surface area contributed by atoms with Crippen molar-refractivity contribution < 1.29 is 19.0 Å². The molecule has 1 aromatic heterocycles. The molecule has 3 N–H and O–H groups in total. The maximum Gasteiger partial charge on any atom is 0.338 e. The molecule has 0 fully saturated rings. The number of esters is 1. The second-order valence-electron chi connectivity index (χ2n) is 7.54. The number of hydrogen-bond acceptors (Lipinski definition) is 5. The normalized spacial score (nSPS) is 14.3. The number of amidine groups is 1. The third-order valence-corrected chi connectivity index (χ3v) is 4.75. The van der Waals surface area contributed by atoms with Gasteiger partial charge in [-0.25, -0.2) is 14.2 Å². The first-order chi connectivity index (χ1) is 14.3. The van der Waals surface area contributed by atoms with Gasteiger partial charge in [0.2, 0.25) is 0 Å². The molecule has 1 aliphatic heterocycles. The topological polar surface area (TPSA) is 102 Å². The molecule has 0 atom stereocenters. The largest absolute Gasteiger partial charge is 0.509 e. The van der Waals surface area contributed by atoms with Crippen LogP contribution in [0.1, 0.15) is 30.0 Å². The van der Waals surface area contributed by atoms with Gasteiger partial charge in [0.25, 0.3) is 0 Å². The Bertz CT molecular complexity index is 1160. The van der Waals surface area contributed by atoms with Crippen molar-refractivity contribution in [2.75, 3.05) is 18.1 Å². The van der Waals surface area contributed by atoms with Crippen molar-refractivity contribution in [2.24, 2.45) is 5.92 Å². The van der Waals surface area contributed by atoms with Crippen LogP contribution in [0.5, 0.6) is 0 Å². The number of ether oxygens (including phenoxy) is 1. The number of halogens is 1. The highest BCUT2D eigenvalue weighted by Gasteiger charge is 2.31. The van der Waals surface area contributed by atoms with E-state index in [2.05, 4.69) is 9.97 Å². The van der Waals surface area contributed by atoms with Crippen molar-refractivity contribution in [1.29, 1.82) is 5.41 Å². The molecule has 8 heteroatoms. The second kappa shape index (κ2) is 7.62. The van der Waals surface area contributed by atoms with E-state index in [1.165, 1.54) is 18.2 Å². The number of hydrogen-bond donors (Lipinski definition) is 3. The van der Waals surface area contributed by atoms with Crippen LogP contribution in [0.15, 0.2) is 48.2 Å². The number of benzene rings is 2. The Morgan fingerprint density at radius 3 is 2.73 bits per heavy atom. The zero-order valence-corrected chi connectivity index (χ0v) is 16.6. The number of nitrogens with one attached hydrogen (secondary N) is 2. The van der Waals surface area contributed by atoms with Gasteiger partial charge in [0.05, 0.1) is 35.3 Å². The number of H-pyrrole nitrogens is 1. The third-order valence-electron chi connectivity index (χ3n) is 4.75. The first kappa shape index (κ1) is 19.6. The lowest BCUT2D eigenvalue weighted by Crippen LogP contribution is -2.26. The minimum Gasteiger partial charge on any atom is -0.509 e. The van der Waals surface area contributed by atoms with Gasteiger partial charge in [0.1, 0.15) is 23.2 Å². The average molecular weight is 408 g/mol. The van der Waals surface area contributed by atoms with Gasteiger partial charge in [-0.05, 0) is 48.4 Å². The van der Waals surface area contributed by atoms with Crippen molar-refractivity contribution in [2.45, 2.75) is 13.8 Å². The predicted molar refractivity (Wildman–Crippen MR) is 112 cm³/mol. The number of aliphatic hydroxyl groups excluding tert-OH is 1. The second-order valence-corrected chi connectivity index (χ2v) is 7.54. The lowest BCUT2D eigenvalue weighted by molar-refractivity contribution is 0.0459. The molecule has 0 unspecified atom stereocenters. The summed E-state index contributed by atoms with van der Waals surface area (Å²) in [4.78, 5) is 21.0. The summed E-state index contributed by atoms with van der Waals surface area (Å²) in [7, 11) is 0. The lowest BCUT2D eigenvalue weighted by Gasteiger charge is -2.19. The van der Waals surface area contributed by atoms with Gasteiger partial charge in [-0.2, -0.15) is 0 Å². The number of aliphatic hydroxyl groups is 1. The van der Waals surface area contributed by atoms with E-state index in [9.17, 15) is 14.3 Å². The number of aromatic amines is 1. The molecule has 4 rings (SSSR count). The maximum absolute atomic E-state index is 13.4. The fourth-order valence-corrected chi connectivity index (χ4v) is 3.25. The Hall–Kier alpha value is -3.68. The number of nitrogens with zero attached hydrogens (tertiary/aromatic N) is 2. The summed E-state index contributed by atoms with van der Waals surface area (Å²) in [5.74, 6) is -0.203. The maximum atomic E-state index is 13.4. The van der Waals surface area contributed by atoms with Crippen LogP contribution in [0, 0.1) is 17.1 Å². The minimum absolute atomic E-state index is 0.0139. The Kier molecular flexibility index (Phi) is 4.99. The monoisotopic (exact) mass is 408 g/mol. The smallest absolute Gasteiger partial charge is 0.338 e. The highest BCUT2D eigenvalue weighted by atomic mass is 19.1. The van der Waals surface area contributed by atoms with Crippen molar-refractivity contribution in [3.05, 3.63) is 65.4 Å². The molecule has 1 aliphatic rings. The summed E-state index contributed by atoms with van der Waals surface area (Å²) in [6, 6.07) is 10.8. The van der Waals surface area contributed by atoms with E-state index in [0.717, 1.165) is 0 Å². The van der Waals surface area contributed by atoms with E-state index in [1.807, 2.05) is 13.8 Å². The fourth-order valence-electron chi connectivity index (χ4n) is 3.25. The van der Waals surface area contributed by atoms with E-state index in [-0.39, 0.29) is 29.6 Å². The van der Waals surface area contributed by atoms with Crippen LogP contribution in [-0.4, -0.2) is 40.0 Å². The highest BCUT2D eigenvalue weighted by molar-refractivity contribution is 6.30. The van der Waals surface area contributed by atoms with Crippen molar-refractivity contribution >= 4 is 34.1 Å². The first-order valence-corrected chi connectivity index (χ1v) is 9.55. The zero-order valence-electron chi connectivity index (χ0n) is 16.6. The van der Waals surface area contributed by atoms with Crippen LogP contribution in [0.3, 0.4) is 0 Å².